The molecule has 1 aromatic heterocycles. The van der Waals surface area contributed by atoms with E-state index in [1.165, 1.54) is 12.8 Å². The lowest BCUT2D eigenvalue weighted by Gasteiger charge is -2.57. The van der Waals surface area contributed by atoms with Gasteiger partial charge in [0.05, 0.1) is 0 Å². The third-order valence-corrected chi connectivity index (χ3v) is 5.85. The largest absolute Gasteiger partial charge is 0.335 e. The summed E-state index contributed by atoms with van der Waals surface area (Å²) in [7, 11) is 0. The number of carbonyl (C=O) groups is 1. The van der Waals surface area contributed by atoms with Crippen LogP contribution in [-0.2, 0) is 13.0 Å². The lowest BCUT2D eigenvalue weighted by Crippen LogP contribution is -2.57. The van der Waals surface area contributed by atoms with Gasteiger partial charge in [0.15, 0.2) is 0 Å². The molecule has 0 aliphatic heterocycles. The summed E-state index contributed by atoms with van der Waals surface area (Å²) < 4.78 is 0. The average Bonchev–Trinajstić information content (AvgIpc) is 2.58. The molecule has 2 aliphatic carbocycles. The summed E-state index contributed by atoms with van der Waals surface area (Å²) in [5, 5.41) is 6.70. The molecule has 2 N–H and O–H groups in total. The van der Waals surface area contributed by atoms with Gasteiger partial charge in [-0.1, -0.05) is 23.7 Å². The van der Waals surface area contributed by atoms with Crippen molar-refractivity contribution in [1.29, 1.82) is 0 Å². The number of urea groups is 1. The zero-order valence-electron chi connectivity index (χ0n) is 14.6. The van der Waals surface area contributed by atoms with E-state index in [9.17, 15) is 4.79 Å². The smallest absolute Gasteiger partial charge is 0.315 e. The van der Waals surface area contributed by atoms with Crippen molar-refractivity contribution in [3.8, 4) is 0 Å². The van der Waals surface area contributed by atoms with Gasteiger partial charge in [-0.15, -0.1) is 0 Å². The maximum Gasteiger partial charge on any atom is 0.315 e. The molecule has 0 bridgehead atoms. The molecular formula is C20H23ClN4O. The van der Waals surface area contributed by atoms with Crippen LogP contribution in [0.4, 0.5) is 4.79 Å². The molecule has 1 spiro atoms. The van der Waals surface area contributed by atoms with Crippen LogP contribution in [0.1, 0.15) is 37.1 Å². The number of aromatic nitrogens is 2. The number of nitrogens with one attached hydrogen (secondary N) is 2. The van der Waals surface area contributed by atoms with E-state index in [1.807, 2.05) is 42.7 Å². The van der Waals surface area contributed by atoms with Gasteiger partial charge in [0, 0.05) is 36.4 Å². The lowest BCUT2D eigenvalue weighted by atomic mass is 9.49. The van der Waals surface area contributed by atoms with Gasteiger partial charge < -0.3 is 10.6 Å². The number of hydrogen-bond donors (Lipinski definition) is 2. The molecule has 2 aliphatic rings. The Hall–Kier alpha value is -2.14. The molecule has 4 rings (SSSR count). The Labute approximate surface area is 158 Å². The minimum Gasteiger partial charge on any atom is -0.335 e. The van der Waals surface area contributed by atoms with Crippen LogP contribution in [0.25, 0.3) is 0 Å². The summed E-state index contributed by atoms with van der Waals surface area (Å²) in [6.45, 7) is 0.514. The van der Waals surface area contributed by atoms with Crippen molar-refractivity contribution in [3.63, 3.8) is 0 Å². The van der Waals surface area contributed by atoms with Crippen LogP contribution in [0, 0.1) is 11.3 Å². The van der Waals surface area contributed by atoms with Crippen molar-refractivity contribution in [2.24, 2.45) is 11.3 Å². The number of nitrogens with zero attached hydrogens (tertiary/aromatic N) is 2. The summed E-state index contributed by atoms with van der Waals surface area (Å²) in [5.41, 5.74) is 1.49. The second kappa shape index (κ2) is 7.23. The molecule has 2 saturated carbocycles. The number of halogens is 1. The zero-order valence-corrected chi connectivity index (χ0v) is 15.4. The Morgan fingerprint density at radius 3 is 2.50 bits per heavy atom. The van der Waals surface area contributed by atoms with E-state index in [1.54, 1.807) is 0 Å². The minimum atomic E-state index is -0.0895. The topological polar surface area (TPSA) is 66.9 Å². The summed E-state index contributed by atoms with van der Waals surface area (Å²) in [6.07, 6.45) is 9.24. The molecule has 1 aromatic carbocycles. The predicted molar refractivity (Wildman–Crippen MR) is 101 cm³/mol. The van der Waals surface area contributed by atoms with E-state index < -0.39 is 0 Å². The minimum absolute atomic E-state index is 0.0895. The standard InChI is InChI=1S/C20H23ClN4O/c21-16-4-2-14(3-5-16)13-24-19(26)25-17-11-20(12-17)9-15(10-20)8-18-22-6-1-7-23-18/h1-7,15,17H,8-13H2,(H2,24,25,26). The molecule has 0 saturated heterocycles. The van der Waals surface area contributed by atoms with Gasteiger partial charge in [0.2, 0.25) is 0 Å². The first-order chi connectivity index (χ1) is 12.6. The molecular weight excluding hydrogens is 348 g/mol. The maximum absolute atomic E-state index is 12.0. The van der Waals surface area contributed by atoms with Crippen LogP contribution in [0.2, 0.25) is 5.02 Å². The Balaban J connectivity index is 1.14. The molecule has 6 heteroatoms. The van der Waals surface area contributed by atoms with Gasteiger partial charge >= 0.3 is 6.03 Å². The van der Waals surface area contributed by atoms with E-state index in [0.717, 1.165) is 30.7 Å². The van der Waals surface area contributed by atoms with Gasteiger partial charge in [0.1, 0.15) is 5.82 Å². The summed E-state index contributed by atoms with van der Waals surface area (Å²) in [6, 6.07) is 9.57. The number of hydrogen-bond acceptors (Lipinski definition) is 3. The Kier molecular flexibility index (Phi) is 4.81. The first-order valence-corrected chi connectivity index (χ1v) is 9.53. The van der Waals surface area contributed by atoms with Gasteiger partial charge in [-0.3, -0.25) is 0 Å². The van der Waals surface area contributed by atoms with Crippen LogP contribution in [0.3, 0.4) is 0 Å². The fourth-order valence-electron chi connectivity index (χ4n) is 4.44. The molecule has 2 aromatic rings. The molecule has 0 unspecified atom stereocenters. The average molecular weight is 371 g/mol. The monoisotopic (exact) mass is 370 g/mol. The van der Waals surface area contributed by atoms with Crippen molar-refractivity contribution in [1.82, 2.24) is 20.6 Å². The van der Waals surface area contributed by atoms with Gasteiger partial charge in [-0.25, -0.2) is 14.8 Å². The SMILES string of the molecule is O=C(NCc1ccc(Cl)cc1)NC1CC2(CC(Cc3ncccn3)C2)C1. The van der Waals surface area contributed by atoms with E-state index in [2.05, 4.69) is 20.6 Å². The van der Waals surface area contributed by atoms with Gasteiger partial charge in [-0.2, -0.15) is 0 Å². The zero-order chi connectivity index (χ0) is 18.0. The Morgan fingerprint density at radius 2 is 1.81 bits per heavy atom. The number of amides is 2. The molecule has 0 radical (unpaired) electrons. The molecule has 1 heterocycles. The maximum atomic E-state index is 12.0. The number of benzene rings is 1. The van der Waals surface area contributed by atoms with Gasteiger partial charge in [-0.05, 0) is 60.8 Å². The van der Waals surface area contributed by atoms with Crippen molar-refractivity contribution < 1.29 is 4.79 Å². The first-order valence-electron chi connectivity index (χ1n) is 9.15. The highest BCUT2D eigenvalue weighted by Gasteiger charge is 2.52. The molecule has 2 amide bonds. The van der Waals surface area contributed by atoms with Crippen molar-refractivity contribution >= 4 is 17.6 Å². The second-order valence-electron chi connectivity index (χ2n) is 7.70. The number of carbonyl (C=O) groups excluding carboxylic acids is 1. The van der Waals surface area contributed by atoms with Crippen molar-refractivity contribution in [2.75, 3.05) is 0 Å². The summed E-state index contributed by atoms with van der Waals surface area (Å²) in [4.78, 5) is 20.7. The van der Waals surface area contributed by atoms with E-state index >= 15 is 0 Å². The van der Waals surface area contributed by atoms with E-state index in [-0.39, 0.29) is 6.03 Å². The quantitative estimate of drug-likeness (QED) is 0.842. The van der Waals surface area contributed by atoms with Gasteiger partial charge in [0.25, 0.3) is 0 Å². The second-order valence-corrected chi connectivity index (χ2v) is 8.14. The van der Waals surface area contributed by atoms with Crippen LogP contribution >= 0.6 is 11.6 Å². The predicted octanol–water partition coefficient (Wildman–Crippen LogP) is 3.73. The molecule has 26 heavy (non-hydrogen) atoms. The van der Waals surface area contributed by atoms with Crippen LogP contribution in [0.15, 0.2) is 42.7 Å². The van der Waals surface area contributed by atoms with E-state index in [4.69, 9.17) is 11.6 Å². The molecule has 0 atom stereocenters. The molecule has 136 valence electrons. The van der Waals surface area contributed by atoms with E-state index in [0.29, 0.717) is 28.9 Å². The molecule has 5 nitrogen and oxygen atoms in total. The Morgan fingerprint density at radius 1 is 1.12 bits per heavy atom. The molecule has 2 fully saturated rings. The third kappa shape index (κ3) is 3.98. The van der Waals surface area contributed by atoms with Crippen LogP contribution in [0.5, 0.6) is 0 Å². The highest BCUT2D eigenvalue weighted by molar-refractivity contribution is 6.30. The fraction of sp³-hybridized carbons (Fsp3) is 0.450. The summed E-state index contributed by atoms with van der Waals surface area (Å²) in [5.74, 6) is 1.64. The lowest BCUT2D eigenvalue weighted by molar-refractivity contribution is -0.0460. The van der Waals surface area contributed by atoms with Crippen molar-refractivity contribution in [3.05, 3.63) is 59.1 Å². The number of rotatable bonds is 5. The van der Waals surface area contributed by atoms with Crippen LogP contribution in [-0.4, -0.2) is 22.0 Å². The Bertz CT molecular complexity index is 751. The van der Waals surface area contributed by atoms with Crippen molar-refractivity contribution in [2.45, 2.75) is 44.7 Å². The highest BCUT2D eigenvalue weighted by atomic mass is 35.5. The van der Waals surface area contributed by atoms with Crippen LogP contribution < -0.4 is 10.6 Å². The summed E-state index contributed by atoms with van der Waals surface area (Å²) >= 11 is 5.86. The third-order valence-electron chi connectivity index (χ3n) is 5.59. The fourth-order valence-corrected chi connectivity index (χ4v) is 4.57. The normalized spacial score (nSPS) is 26.7. The first kappa shape index (κ1) is 17.3. The highest BCUT2D eigenvalue weighted by Crippen LogP contribution is 2.59.